The van der Waals surface area contributed by atoms with Crippen molar-refractivity contribution in [3.05, 3.63) is 80.0 Å². The third kappa shape index (κ3) is 5.97. The van der Waals surface area contributed by atoms with Gasteiger partial charge in [0, 0.05) is 17.1 Å². The lowest BCUT2D eigenvalue weighted by atomic mass is 9.95. The Kier molecular flexibility index (Phi) is 8.22. The summed E-state index contributed by atoms with van der Waals surface area (Å²) in [5.74, 6) is -0.322. The molecule has 13 heteroatoms. The molecule has 1 saturated carbocycles. The van der Waals surface area contributed by atoms with Crippen molar-refractivity contribution in [2.75, 3.05) is 12.4 Å². The molecule has 0 spiro atoms. The summed E-state index contributed by atoms with van der Waals surface area (Å²) < 4.78 is 26.9. The molecule has 2 aliphatic rings. The molecule has 1 aliphatic heterocycles. The molecule has 0 amide bonds. The van der Waals surface area contributed by atoms with Crippen LogP contribution in [0.4, 0.5) is 0 Å². The van der Waals surface area contributed by atoms with Gasteiger partial charge in [0.15, 0.2) is 0 Å². The van der Waals surface area contributed by atoms with Crippen LogP contribution in [0.15, 0.2) is 42.2 Å². The lowest BCUT2D eigenvalue weighted by Gasteiger charge is -2.24. The second-order valence-electron chi connectivity index (χ2n) is 9.52. The SMILES string of the molecule is NS(=O)(=O)OC[C@H]1C[C@@H](Cc2ncncc2C(=O)c2cc(C3SCCc4ccc(Cl)cc43)cs2)[C@H](O)[C@@H]1O. The number of benzene rings is 1. The molecule has 3 aromatic rings. The van der Waals surface area contributed by atoms with E-state index in [9.17, 15) is 23.4 Å². The highest BCUT2D eigenvalue weighted by Crippen LogP contribution is 2.44. The number of aryl methyl sites for hydroxylation is 1. The van der Waals surface area contributed by atoms with Crippen LogP contribution in [0.1, 0.15) is 49.3 Å². The predicted molar refractivity (Wildman–Crippen MR) is 146 cm³/mol. The van der Waals surface area contributed by atoms with Gasteiger partial charge in [-0.2, -0.15) is 8.42 Å². The highest BCUT2D eigenvalue weighted by atomic mass is 35.5. The number of thioether (sulfide) groups is 1. The van der Waals surface area contributed by atoms with Gasteiger partial charge in [-0.25, -0.2) is 15.1 Å². The maximum Gasteiger partial charge on any atom is 0.333 e. The summed E-state index contributed by atoms with van der Waals surface area (Å²) in [7, 11) is -4.17. The second kappa shape index (κ2) is 11.3. The number of hydrogen-bond donors (Lipinski definition) is 3. The average Bonchev–Trinajstić information content (AvgIpc) is 3.48. The smallest absolute Gasteiger partial charge is 0.333 e. The minimum absolute atomic E-state index is 0.0911. The fourth-order valence-electron chi connectivity index (χ4n) is 5.16. The van der Waals surface area contributed by atoms with Crippen LogP contribution >= 0.6 is 34.7 Å². The third-order valence-electron chi connectivity index (χ3n) is 7.06. The van der Waals surface area contributed by atoms with Crippen LogP contribution in [-0.2, 0) is 27.3 Å². The first-order valence-corrected chi connectivity index (χ1v) is 15.7. The summed E-state index contributed by atoms with van der Waals surface area (Å²) in [6.45, 7) is -0.339. The number of rotatable bonds is 8. The highest BCUT2D eigenvalue weighted by Gasteiger charge is 2.42. The van der Waals surface area contributed by atoms with Crippen LogP contribution in [0.25, 0.3) is 0 Å². The van der Waals surface area contributed by atoms with Crippen molar-refractivity contribution in [3.63, 3.8) is 0 Å². The molecule has 0 bridgehead atoms. The van der Waals surface area contributed by atoms with Crippen LogP contribution in [0.3, 0.4) is 0 Å². The van der Waals surface area contributed by atoms with Crippen molar-refractivity contribution in [1.82, 2.24) is 9.97 Å². The molecule has 1 fully saturated rings. The minimum atomic E-state index is -4.17. The van der Waals surface area contributed by atoms with Crippen molar-refractivity contribution in [2.24, 2.45) is 17.0 Å². The average molecular weight is 596 g/mol. The van der Waals surface area contributed by atoms with Crippen LogP contribution < -0.4 is 5.14 Å². The van der Waals surface area contributed by atoms with Gasteiger partial charge in [-0.3, -0.25) is 8.98 Å². The molecule has 1 unspecified atom stereocenters. The maximum atomic E-state index is 13.5. The summed E-state index contributed by atoms with van der Waals surface area (Å²) in [5, 5.41) is 28.6. The van der Waals surface area contributed by atoms with Crippen LogP contribution in [-0.4, -0.2) is 58.9 Å². The second-order valence-corrected chi connectivity index (χ2v) is 13.3. The Balaban J connectivity index is 1.34. The molecule has 3 heterocycles. The van der Waals surface area contributed by atoms with E-state index >= 15 is 0 Å². The number of carbonyl (C=O) groups is 1. The third-order valence-corrected chi connectivity index (χ3v) is 10.0. The zero-order chi connectivity index (χ0) is 27.0. The number of nitrogens with two attached hydrogens (primary N) is 1. The Morgan fingerprint density at radius 1 is 1.21 bits per heavy atom. The standard InChI is InChI=1S/C25H26ClN3O6S3/c26-17-2-1-13-3-4-36-25(18(13)8-17)16-7-21(37-11-16)24(32)19-9-28-12-29-20(19)6-14-5-15(23(31)22(14)30)10-35-38(27,33)34/h1-2,7-9,11-12,14-15,22-23,25,30-31H,3-6,10H2,(H2,27,33,34)/t14-,15+,22-,23+,25?/m0/s1. The Morgan fingerprint density at radius 2 is 2.00 bits per heavy atom. The van der Waals surface area contributed by atoms with E-state index in [1.54, 1.807) is 0 Å². The van der Waals surface area contributed by atoms with E-state index in [1.165, 1.54) is 35.0 Å². The Hall–Kier alpha value is -1.90. The number of halogens is 1. The topological polar surface area (TPSA) is 153 Å². The number of aliphatic hydroxyl groups is 2. The lowest BCUT2D eigenvalue weighted by Crippen LogP contribution is -2.31. The molecule has 4 N–H and O–H groups in total. The largest absolute Gasteiger partial charge is 0.390 e. The van der Waals surface area contributed by atoms with Gasteiger partial charge in [0.05, 0.1) is 40.2 Å². The summed E-state index contributed by atoms with van der Waals surface area (Å²) >= 11 is 9.46. The monoisotopic (exact) mass is 595 g/mol. The van der Waals surface area contributed by atoms with E-state index < -0.39 is 34.3 Å². The molecule has 0 saturated heterocycles. The first-order chi connectivity index (χ1) is 18.1. The van der Waals surface area contributed by atoms with Crippen LogP contribution in [0.5, 0.6) is 0 Å². The fourth-order valence-corrected chi connectivity index (χ4v) is 7.98. The van der Waals surface area contributed by atoms with Gasteiger partial charge in [-0.05, 0) is 71.2 Å². The Morgan fingerprint density at radius 3 is 2.79 bits per heavy atom. The van der Waals surface area contributed by atoms with E-state index in [0.717, 1.165) is 17.7 Å². The van der Waals surface area contributed by atoms with Crippen LogP contribution in [0.2, 0.25) is 5.02 Å². The summed E-state index contributed by atoms with van der Waals surface area (Å²) in [6.07, 6.45) is 1.94. The van der Waals surface area contributed by atoms with E-state index in [0.29, 0.717) is 21.2 Å². The minimum Gasteiger partial charge on any atom is -0.390 e. The Labute approximate surface area is 233 Å². The Bertz CT molecular complexity index is 1450. The first kappa shape index (κ1) is 27.7. The number of aromatic nitrogens is 2. The first-order valence-electron chi connectivity index (χ1n) is 12.0. The number of carbonyl (C=O) groups excluding carboxylic acids is 1. The summed E-state index contributed by atoms with van der Waals surface area (Å²) in [4.78, 5) is 22.5. The van der Waals surface area contributed by atoms with Gasteiger partial charge < -0.3 is 10.2 Å². The molecule has 1 aliphatic carbocycles. The van der Waals surface area contributed by atoms with Gasteiger partial charge in [0.1, 0.15) is 6.33 Å². The maximum absolute atomic E-state index is 13.5. The van der Waals surface area contributed by atoms with Crippen molar-refractivity contribution in [1.29, 1.82) is 0 Å². The molecular weight excluding hydrogens is 570 g/mol. The van der Waals surface area contributed by atoms with Gasteiger partial charge in [-0.15, -0.1) is 23.1 Å². The van der Waals surface area contributed by atoms with Crippen molar-refractivity contribution in [2.45, 2.75) is 36.7 Å². The van der Waals surface area contributed by atoms with Crippen molar-refractivity contribution < 1.29 is 27.6 Å². The summed E-state index contributed by atoms with van der Waals surface area (Å²) in [6, 6.07) is 7.88. The number of thiophene rings is 1. The molecule has 0 radical (unpaired) electrons. The van der Waals surface area contributed by atoms with E-state index in [2.05, 4.69) is 20.2 Å². The molecule has 1 aromatic carbocycles. The number of ketones is 1. The van der Waals surface area contributed by atoms with E-state index in [-0.39, 0.29) is 30.5 Å². The van der Waals surface area contributed by atoms with E-state index in [1.807, 2.05) is 35.3 Å². The highest BCUT2D eigenvalue weighted by molar-refractivity contribution is 7.99. The molecule has 5 atom stereocenters. The number of fused-ring (bicyclic) bond motifs is 1. The number of nitrogens with zero attached hydrogens (tertiary/aromatic N) is 2. The molecule has 38 heavy (non-hydrogen) atoms. The van der Waals surface area contributed by atoms with Gasteiger partial charge in [0.2, 0.25) is 5.78 Å². The van der Waals surface area contributed by atoms with Crippen molar-refractivity contribution >= 4 is 50.8 Å². The molecule has 5 rings (SSSR count). The molecule has 2 aromatic heterocycles. The number of aliphatic hydroxyl groups excluding tert-OH is 2. The molecule has 9 nitrogen and oxygen atoms in total. The quantitative estimate of drug-likeness (QED) is 0.334. The zero-order valence-electron chi connectivity index (χ0n) is 20.1. The van der Waals surface area contributed by atoms with Crippen LogP contribution in [0, 0.1) is 11.8 Å². The predicted octanol–water partition coefficient (Wildman–Crippen LogP) is 2.92. The normalized spacial score (nSPS) is 25.3. The molecule has 202 valence electrons. The number of hydrogen-bond acceptors (Lipinski definition) is 10. The summed E-state index contributed by atoms with van der Waals surface area (Å²) in [5.41, 5.74) is 4.25. The van der Waals surface area contributed by atoms with Gasteiger partial charge in [-0.1, -0.05) is 17.7 Å². The van der Waals surface area contributed by atoms with Crippen molar-refractivity contribution in [3.8, 4) is 0 Å². The van der Waals surface area contributed by atoms with Gasteiger partial charge in [0.25, 0.3) is 0 Å². The fraction of sp³-hybridized carbons (Fsp3) is 0.400. The lowest BCUT2D eigenvalue weighted by molar-refractivity contribution is -0.00334. The van der Waals surface area contributed by atoms with Gasteiger partial charge >= 0.3 is 10.3 Å². The molecular formula is C25H26ClN3O6S3. The van der Waals surface area contributed by atoms with E-state index in [4.69, 9.17) is 16.7 Å². The zero-order valence-corrected chi connectivity index (χ0v) is 23.3.